The lowest BCUT2D eigenvalue weighted by Gasteiger charge is -2.22. The molecule has 0 aliphatic carbocycles. The maximum Gasteiger partial charge on any atom is 0.116 e. The van der Waals surface area contributed by atoms with Crippen molar-refractivity contribution in [3.05, 3.63) is 46.9 Å². The van der Waals surface area contributed by atoms with Crippen LogP contribution < -0.4 is 0 Å². The van der Waals surface area contributed by atoms with Crippen LogP contribution in [0.5, 0.6) is 0 Å². The van der Waals surface area contributed by atoms with E-state index in [1.165, 1.54) is 47.3 Å². The Morgan fingerprint density at radius 2 is 1.27 bits per heavy atom. The lowest BCUT2D eigenvalue weighted by atomic mass is 9.83. The van der Waals surface area contributed by atoms with Gasteiger partial charge in [0.25, 0.3) is 0 Å². The Balaban J connectivity index is 2.07. The first-order chi connectivity index (χ1) is 12.5. The van der Waals surface area contributed by atoms with Crippen molar-refractivity contribution in [3.8, 4) is 0 Å². The van der Waals surface area contributed by atoms with Gasteiger partial charge in [0.05, 0.1) is 20.4 Å². The van der Waals surface area contributed by atoms with Crippen molar-refractivity contribution in [2.24, 2.45) is 0 Å². The Labute approximate surface area is 158 Å². The van der Waals surface area contributed by atoms with E-state index in [9.17, 15) is 0 Å². The quantitative estimate of drug-likeness (QED) is 0.266. The van der Waals surface area contributed by atoms with Crippen molar-refractivity contribution in [1.82, 2.24) is 9.97 Å². The fourth-order valence-corrected chi connectivity index (χ4v) is 5.97. The molecule has 0 spiro atoms. The summed E-state index contributed by atoms with van der Waals surface area (Å²) >= 11 is 3.56. The van der Waals surface area contributed by atoms with Crippen LogP contribution in [0.15, 0.2) is 41.4 Å². The van der Waals surface area contributed by atoms with Crippen molar-refractivity contribution in [3.63, 3.8) is 0 Å². The molecule has 0 N–H and O–H groups in total. The largest absolute Gasteiger partial charge is 0.235 e. The first kappa shape index (κ1) is 14.8. The van der Waals surface area contributed by atoms with Crippen LogP contribution in [-0.2, 0) is 5.41 Å². The Bertz CT molecular complexity index is 1370. The van der Waals surface area contributed by atoms with Crippen LogP contribution in [0.25, 0.3) is 52.8 Å². The van der Waals surface area contributed by atoms with Crippen LogP contribution in [0.4, 0.5) is 0 Å². The molecule has 0 saturated carbocycles. The molecule has 3 aromatic carbocycles. The molecule has 6 rings (SSSR count). The number of aromatic nitrogens is 2. The summed E-state index contributed by atoms with van der Waals surface area (Å²) in [6, 6.07) is 9.27. The molecule has 0 unspecified atom stereocenters. The van der Waals surface area contributed by atoms with E-state index in [0.717, 1.165) is 11.0 Å². The van der Waals surface area contributed by atoms with E-state index >= 15 is 0 Å². The minimum absolute atomic E-state index is 0.103. The van der Waals surface area contributed by atoms with Gasteiger partial charge in [-0.3, -0.25) is 0 Å². The van der Waals surface area contributed by atoms with Crippen molar-refractivity contribution in [2.45, 2.75) is 26.2 Å². The lowest BCUT2D eigenvalue weighted by Crippen LogP contribution is -2.11. The molecule has 4 heteroatoms. The summed E-state index contributed by atoms with van der Waals surface area (Å²) in [6.07, 6.45) is 1.72. The number of nitrogens with zero attached hydrogens (tertiary/aromatic N) is 2. The van der Waals surface area contributed by atoms with E-state index in [0.29, 0.717) is 0 Å². The zero-order valence-electron chi connectivity index (χ0n) is 14.8. The second-order valence-corrected chi connectivity index (χ2v) is 9.80. The van der Waals surface area contributed by atoms with Crippen molar-refractivity contribution in [1.29, 1.82) is 0 Å². The molecule has 126 valence electrons. The highest BCUT2D eigenvalue weighted by Crippen LogP contribution is 2.47. The monoisotopic (exact) mass is 372 g/mol. The third-order valence-corrected chi connectivity index (χ3v) is 7.28. The minimum Gasteiger partial charge on any atom is -0.235 e. The number of thiophene rings is 2. The van der Waals surface area contributed by atoms with Gasteiger partial charge < -0.3 is 0 Å². The molecule has 0 aliphatic heterocycles. The van der Waals surface area contributed by atoms with Crippen LogP contribution in [0.1, 0.15) is 26.3 Å². The van der Waals surface area contributed by atoms with Gasteiger partial charge in [0.2, 0.25) is 0 Å². The molecule has 0 amide bonds. The third-order valence-electron chi connectivity index (χ3n) is 5.44. The van der Waals surface area contributed by atoms with Gasteiger partial charge in [-0.25, -0.2) is 9.97 Å². The van der Waals surface area contributed by atoms with Crippen LogP contribution >= 0.6 is 22.7 Å². The summed E-state index contributed by atoms with van der Waals surface area (Å²) in [5.74, 6) is 0. The van der Waals surface area contributed by atoms with E-state index in [1.807, 2.05) is 0 Å². The van der Waals surface area contributed by atoms with Crippen LogP contribution in [0.3, 0.4) is 0 Å². The van der Waals surface area contributed by atoms with E-state index in [4.69, 9.17) is 9.97 Å². The molecule has 0 radical (unpaired) electrons. The standard InChI is InChI=1S/C22H16N2S2/c1-22(2,3)11-8-14-12-4-6-25-20(12)18-17-16(14)15(9-11)13-5-7-26-21(13)19(17)24-10-23-18/h4-10H,1-3H3. The van der Waals surface area contributed by atoms with Crippen LogP contribution in [0.2, 0.25) is 0 Å². The molecule has 2 nitrogen and oxygen atoms in total. The van der Waals surface area contributed by atoms with E-state index < -0.39 is 0 Å². The Hall–Kier alpha value is -2.30. The van der Waals surface area contributed by atoms with Gasteiger partial charge in [-0.15, -0.1) is 22.7 Å². The summed E-state index contributed by atoms with van der Waals surface area (Å²) in [4.78, 5) is 9.40. The van der Waals surface area contributed by atoms with E-state index in [1.54, 1.807) is 29.0 Å². The highest BCUT2D eigenvalue weighted by molar-refractivity contribution is 7.19. The van der Waals surface area contributed by atoms with Crippen LogP contribution in [-0.4, -0.2) is 9.97 Å². The fraction of sp³-hybridized carbons (Fsp3) is 0.182. The summed E-state index contributed by atoms with van der Waals surface area (Å²) in [5.41, 5.74) is 3.67. The number of benzene rings is 3. The Morgan fingerprint density at radius 3 is 1.77 bits per heavy atom. The highest BCUT2D eigenvalue weighted by Gasteiger charge is 2.22. The second-order valence-electron chi connectivity index (χ2n) is 7.97. The maximum atomic E-state index is 4.70. The van der Waals surface area contributed by atoms with Crippen molar-refractivity contribution < 1.29 is 0 Å². The summed E-state index contributed by atoms with van der Waals surface area (Å²) in [5, 5.41) is 12.2. The normalized spacial score (nSPS) is 13.2. The number of fused-ring (bicyclic) bond motifs is 6. The SMILES string of the molecule is CC(C)(C)c1cc2c3ccsc3c3ncnc4c5sccc5c(c1)c2c34. The highest BCUT2D eigenvalue weighted by atomic mass is 32.1. The predicted octanol–water partition coefficient (Wildman–Crippen LogP) is 7.10. The molecule has 3 heterocycles. The smallest absolute Gasteiger partial charge is 0.116 e. The molecular formula is C22H16N2S2. The predicted molar refractivity (Wildman–Crippen MR) is 115 cm³/mol. The Morgan fingerprint density at radius 1 is 0.731 bits per heavy atom. The van der Waals surface area contributed by atoms with Gasteiger partial charge >= 0.3 is 0 Å². The lowest BCUT2D eigenvalue weighted by molar-refractivity contribution is 0.592. The molecule has 0 aliphatic rings. The van der Waals surface area contributed by atoms with E-state index in [-0.39, 0.29) is 5.41 Å². The molecule has 0 bridgehead atoms. The summed E-state index contributed by atoms with van der Waals surface area (Å²) < 4.78 is 2.54. The summed E-state index contributed by atoms with van der Waals surface area (Å²) in [7, 11) is 0. The van der Waals surface area contributed by atoms with Crippen molar-refractivity contribution in [2.75, 3.05) is 0 Å². The van der Waals surface area contributed by atoms with Gasteiger partial charge in [0.15, 0.2) is 0 Å². The van der Waals surface area contributed by atoms with Gasteiger partial charge in [0, 0.05) is 21.5 Å². The molecular weight excluding hydrogens is 356 g/mol. The second kappa shape index (κ2) is 4.70. The zero-order valence-corrected chi connectivity index (χ0v) is 16.4. The molecule has 0 atom stereocenters. The molecule has 26 heavy (non-hydrogen) atoms. The molecule has 6 aromatic rings. The minimum atomic E-state index is 0.103. The Kier molecular flexibility index (Phi) is 2.68. The average molecular weight is 373 g/mol. The maximum absolute atomic E-state index is 4.70. The number of hydrogen-bond donors (Lipinski definition) is 0. The van der Waals surface area contributed by atoms with E-state index in [2.05, 4.69) is 55.8 Å². The summed E-state index contributed by atoms with van der Waals surface area (Å²) in [6.45, 7) is 6.87. The topological polar surface area (TPSA) is 25.8 Å². The first-order valence-electron chi connectivity index (χ1n) is 8.74. The van der Waals surface area contributed by atoms with Crippen LogP contribution in [0, 0.1) is 0 Å². The average Bonchev–Trinajstić information content (AvgIpc) is 3.29. The first-order valence-corrected chi connectivity index (χ1v) is 10.5. The van der Waals surface area contributed by atoms with Gasteiger partial charge in [-0.05, 0) is 56.8 Å². The van der Waals surface area contributed by atoms with Gasteiger partial charge in [-0.1, -0.05) is 20.8 Å². The fourth-order valence-electron chi connectivity index (χ4n) is 4.15. The molecule has 0 saturated heterocycles. The molecule has 3 aromatic heterocycles. The molecule has 0 fully saturated rings. The third kappa shape index (κ3) is 1.71. The van der Waals surface area contributed by atoms with Gasteiger partial charge in [-0.2, -0.15) is 0 Å². The zero-order chi connectivity index (χ0) is 17.6. The van der Waals surface area contributed by atoms with Gasteiger partial charge in [0.1, 0.15) is 6.33 Å². The number of rotatable bonds is 0. The van der Waals surface area contributed by atoms with Crippen molar-refractivity contribution >= 4 is 75.4 Å². The number of hydrogen-bond acceptors (Lipinski definition) is 4.